The van der Waals surface area contributed by atoms with Gasteiger partial charge >= 0.3 is 5.97 Å². The van der Waals surface area contributed by atoms with Crippen LogP contribution in [0.5, 0.6) is 0 Å². The Hall–Kier alpha value is -1.58. The number of rotatable bonds is 15. The van der Waals surface area contributed by atoms with Crippen molar-refractivity contribution in [3.63, 3.8) is 0 Å². The van der Waals surface area contributed by atoms with Crippen LogP contribution in [0, 0.1) is 17.8 Å². The Balaban J connectivity index is 2.72. The van der Waals surface area contributed by atoms with Crippen molar-refractivity contribution in [2.45, 2.75) is 97.9 Å². The zero-order valence-corrected chi connectivity index (χ0v) is 21.5. The molecule has 0 bridgehead atoms. The van der Waals surface area contributed by atoms with Gasteiger partial charge in [-0.25, -0.2) is 4.79 Å². The molecule has 0 amide bonds. The molecule has 0 spiro atoms. The highest BCUT2D eigenvalue weighted by molar-refractivity contribution is 5.82. The minimum absolute atomic E-state index is 0.0120. The van der Waals surface area contributed by atoms with Crippen molar-refractivity contribution >= 4 is 11.8 Å². The van der Waals surface area contributed by atoms with Gasteiger partial charge in [0.2, 0.25) is 0 Å². The Bertz CT molecular complexity index is 703. The quantitative estimate of drug-likeness (QED) is 0.184. The molecule has 1 rings (SSSR count). The van der Waals surface area contributed by atoms with E-state index in [1.54, 1.807) is 13.8 Å². The lowest BCUT2D eigenvalue weighted by molar-refractivity contribution is -0.164. The lowest BCUT2D eigenvalue weighted by atomic mass is 9.86. The van der Waals surface area contributed by atoms with E-state index in [9.17, 15) is 19.8 Å². The molecule has 0 unspecified atom stereocenters. The second kappa shape index (κ2) is 14.7. The molecule has 196 valence electrons. The molecule has 0 aromatic carbocycles. The van der Waals surface area contributed by atoms with E-state index in [1.165, 1.54) is 6.08 Å². The highest BCUT2D eigenvalue weighted by Gasteiger charge is 2.43. The summed E-state index contributed by atoms with van der Waals surface area (Å²) in [6, 6.07) is 0. The van der Waals surface area contributed by atoms with Crippen molar-refractivity contribution in [3.05, 3.63) is 23.8 Å². The number of ether oxygens (including phenoxy) is 3. The molecular weight excluding hydrogens is 440 g/mol. The van der Waals surface area contributed by atoms with E-state index >= 15 is 0 Å². The highest BCUT2D eigenvalue weighted by atomic mass is 16.7. The van der Waals surface area contributed by atoms with Crippen LogP contribution in [0.15, 0.2) is 23.8 Å². The van der Waals surface area contributed by atoms with Crippen molar-refractivity contribution in [1.82, 2.24) is 0 Å². The molecule has 1 fully saturated rings. The Morgan fingerprint density at radius 2 is 1.71 bits per heavy atom. The predicted molar refractivity (Wildman–Crippen MR) is 129 cm³/mol. The van der Waals surface area contributed by atoms with E-state index in [4.69, 9.17) is 19.3 Å². The van der Waals surface area contributed by atoms with Crippen molar-refractivity contribution in [3.8, 4) is 0 Å². The maximum absolute atomic E-state index is 12.6. The molecule has 0 saturated carbocycles. The summed E-state index contributed by atoms with van der Waals surface area (Å²) in [7, 11) is 0. The number of aliphatic hydroxyl groups excluding tert-OH is 3. The Morgan fingerprint density at radius 1 is 1.06 bits per heavy atom. The number of Topliss-reactive ketones (excluding diaryl/α,β-unsaturated/α-hetero) is 1. The molecule has 0 aromatic rings. The SMILES string of the molecule is C=C(CC)[C@H](C)C[C@@H](C[C@@H](C)C[C@@H](C)C(C)=O)OC(=O)/C=C(\C)CO[C@H]1O[C@H](CO)[C@@H](O)[C@H]1O. The molecule has 1 aliphatic heterocycles. The van der Waals surface area contributed by atoms with Gasteiger partial charge in [-0.1, -0.05) is 39.8 Å². The van der Waals surface area contributed by atoms with E-state index in [1.807, 2.05) is 6.92 Å². The zero-order valence-electron chi connectivity index (χ0n) is 21.5. The van der Waals surface area contributed by atoms with Crippen LogP contribution in [0.1, 0.15) is 67.2 Å². The van der Waals surface area contributed by atoms with Crippen LogP contribution >= 0.6 is 0 Å². The summed E-state index contributed by atoms with van der Waals surface area (Å²) in [6.07, 6.45) is -0.602. The smallest absolute Gasteiger partial charge is 0.331 e. The third-order valence-electron chi connectivity index (χ3n) is 6.50. The van der Waals surface area contributed by atoms with Gasteiger partial charge < -0.3 is 29.5 Å². The lowest BCUT2D eigenvalue weighted by Gasteiger charge is -2.25. The first-order valence-corrected chi connectivity index (χ1v) is 12.2. The van der Waals surface area contributed by atoms with Gasteiger partial charge in [0.05, 0.1) is 13.2 Å². The summed E-state index contributed by atoms with van der Waals surface area (Å²) in [6.45, 7) is 15.1. The first-order valence-electron chi connectivity index (χ1n) is 12.2. The Morgan fingerprint density at radius 3 is 2.24 bits per heavy atom. The van der Waals surface area contributed by atoms with E-state index < -0.39 is 37.2 Å². The average Bonchev–Trinajstić information content (AvgIpc) is 3.04. The van der Waals surface area contributed by atoms with Crippen LogP contribution in [0.2, 0.25) is 0 Å². The fourth-order valence-corrected chi connectivity index (χ4v) is 4.07. The standard InChI is InChI=1S/C26H44O8/c1-8-17(4)18(5)12-21(10-15(2)9-19(6)20(7)28)33-23(29)11-16(3)14-32-26-25(31)24(30)22(13-27)34-26/h11,15,18-19,21-22,24-27,30-31H,4,8-10,12-14H2,1-3,5-7H3/b16-11+/t15-,18+,19+,21+,22+,24+,25+,26-/m0/s1. The van der Waals surface area contributed by atoms with Gasteiger partial charge in [-0.3, -0.25) is 4.79 Å². The first-order chi connectivity index (χ1) is 15.9. The summed E-state index contributed by atoms with van der Waals surface area (Å²) in [4.78, 5) is 24.3. The molecule has 0 aliphatic carbocycles. The van der Waals surface area contributed by atoms with E-state index in [-0.39, 0.29) is 36.2 Å². The van der Waals surface area contributed by atoms with E-state index in [2.05, 4.69) is 27.4 Å². The minimum atomic E-state index is -1.28. The summed E-state index contributed by atoms with van der Waals surface area (Å²) in [5.74, 6) is 0.0275. The number of hydrogen-bond donors (Lipinski definition) is 3. The first kappa shape index (κ1) is 30.5. The molecule has 1 saturated heterocycles. The number of carbonyl (C=O) groups excluding carboxylic acids is 2. The third-order valence-corrected chi connectivity index (χ3v) is 6.50. The Kier molecular flexibility index (Phi) is 13.2. The van der Waals surface area contributed by atoms with Gasteiger partial charge in [0.15, 0.2) is 6.29 Å². The average molecular weight is 485 g/mol. The van der Waals surface area contributed by atoms with E-state index in [0.717, 1.165) is 18.4 Å². The fraction of sp³-hybridized carbons (Fsp3) is 0.769. The molecular formula is C26H44O8. The van der Waals surface area contributed by atoms with E-state index in [0.29, 0.717) is 18.4 Å². The molecule has 1 heterocycles. The maximum atomic E-state index is 12.6. The lowest BCUT2D eigenvalue weighted by Crippen LogP contribution is -2.34. The molecule has 34 heavy (non-hydrogen) atoms. The number of carbonyl (C=O) groups is 2. The summed E-state index contributed by atoms with van der Waals surface area (Å²) in [5, 5.41) is 28.9. The van der Waals surface area contributed by atoms with Gasteiger partial charge in [-0.15, -0.1) is 0 Å². The number of allylic oxidation sites excluding steroid dienone is 1. The molecule has 8 heteroatoms. The second-order valence-corrected chi connectivity index (χ2v) is 9.80. The van der Waals surface area contributed by atoms with Crippen molar-refractivity contribution in [2.24, 2.45) is 17.8 Å². The molecule has 3 N–H and O–H groups in total. The fourth-order valence-electron chi connectivity index (χ4n) is 4.07. The molecule has 1 aliphatic rings. The van der Waals surface area contributed by atoms with Crippen LogP contribution in [0.3, 0.4) is 0 Å². The molecule has 8 atom stereocenters. The van der Waals surface area contributed by atoms with Crippen LogP contribution in [-0.4, -0.2) is 71.0 Å². The normalized spacial score (nSPS) is 26.6. The summed E-state index contributed by atoms with van der Waals surface area (Å²) >= 11 is 0. The Labute approximate surface area is 204 Å². The van der Waals surface area contributed by atoms with Gasteiger partial charge in [-0.2, -0.15) is 0 Å². The van der Waals surface area contributed by atoms with Gasteiger partial charge in [0.1, 0.15) is 30.2 Å². The van der Waals surface area contributed by atoms with Crippen LogP contribution in [0.4, 0.5) is 0 Å². The van der Waals surface area contributed by atoms with Crippen molar-refractivity contribution in [2.75, 3.05) is 13.2 Å². The van der Waals surface area contributed by atoms with Gasteiger partial charge in [-0.05, 0) is 56.9 Å². The van der Waals surface area contributed by atoms with Crippen LogP contribution in [-0.2, 0) is 23.8 Å². The van der Waals surface area contributed by atoms with Gasteiger partial charge in [0.25, 0.3) is 0 Å². The van der Waals surface area contributed by atoms with Crippen LogP contribution < -0.4 is 0 Å². The molecule has 0 radical (unpaired) electrons. The number of esters is 1. The van der Waals surface area contributed by atoms with Crippen LogP contribution in [0.25, 0.3) is 0 Å². The topological polar surface area (TPSA) is 123 Å². The zero-order chi connectivity index (χ0) is 26.0. The molecule has 0 aromatic heterocycles. The van der Waals surface area contributed by atoms with Crippen molar-refractivity contribution < 1.29 is 39.1 Å². The maximum Gasteiger partial charge on any atom is 0.331 e. The number of aliphatic hydroxyl groups is 3. The van der Waals surface area contributed by atoms with Gasteiger partial charge in [0, 0.05) is 12.0 Å². The largest absolute Gasteiger partial charge is 0.459 e. The summed E-state index contributed by atoms with van der Waals surface area (Å²) < 4.78 is 16.5. The highest BCUT2D eigenvalue weighted by Crippen LogP contribution is 2.26. The van der Waals surface area contributed by atoms with Crippen molar-refractivity contribution in [1.29, 1.82) is 0 Å². The predicted octanol–water partition coefficient (Wildman–Crippen LogP) is 2.93. The summed E-state index contributed by atoms with van der Waals surface area (Å²) in [5.41, 5.74) is 1.66. The number of hydrogen-bond acceptors (Lipinski definition) is 8. The second-order valence-electron chi connectivity index (χ2n) is 9.80. The minimum Gasteiger partial charge on any atom is -0.459 e. The third kappa shape index (κ3) is 9.96. The monoisotopic (exact) mass is 484 g/mol. The molecule has 8 nitrogen and oxygen atoms in total. The number of ketones is 1.